The largest absolute Gasteiger partial charge is 0.353 e. The van der Waals surface area contributed by atoms with Crippen molar-refractivity contribution >= 4 is 22.7 Å². The number of anilines is 4. The lowest BCUT2D eigenvalue weighted by Gasteiger charge is -2.30. The number of hydrogen-bond acceptors (Lipinski definition) is 4. The second kappa shape index (κ2) is 6.75. The minimum atomic E-state index is 0.476. The third kappa shape index (κ3) is 2.68. The van der Waals surface area contributed by atoms with E-state index in [0.717, 1.165) is 0 Å². The van der Waals surface area contributed by atoms with Crippen molar-refractivity contribution in [3.63, 3.8) is 0 Å². The van der Waals surface area contributed by atoms with Gasteiger partial charge in [0.05, 0.1) is 22.7 Å². The summed E-state index contributed by atoms with van der Waals surface area (Å²) in [7, 11) is 8.90. The van der Waals surface area contributed by atoms with E-state index in [1.54, 1.807) is 0 Å². The lowest BCUT2D eigenvalue weighted by Crippen LogP contribution is -2.40. The third-order valence-corrected chi connectivity index (χ3v) is 6.25. The summed E-state index contributed by atoms with van der Waals surface area (Å²) in [6.45, 7) is 0. The first-order valence-corrected chi connectivity index (χ1v) is 9.69. The highest BCUT2D eigenvalue weighted by Gasteiger charge is 2.32. The van der Waals surface area contributed by atoms with Crippen molar-refractivity contribution in [1.82, 2.24) is 0 Å². The molecule has 2 aromatic rings. The highest BCUT2D eigenvalue weighted by Crippen LogP contribution is 2.40. The van der Waals surface area contributed by atoms with Gasteiger partial charge in [0.1, 0.15) is 12.3 Å². The number of hydrogen-bond donors (Lipinski definition) is 0. The molecule has 0 radical (unpaired) electrons. The van der Waals surface area contributed by atoms with E-state index in [2.05, 4.69) is 96.3 Å². The zero-order chi connectivity index (χ0) is 18.3. The van der Waals surface area contributed by atoms with Crippen LogP contribution in [-0.2, 0) is 0 Å². The summed E-state index contributed by atoms with van der Waals surface area (Å²) in [5, 5.41) is 0. The minimum Gasteiger partial charge on any atom is -0.353 e. The maximum atomic E-state index is 2.43. The Morgan fingerprint density at radius 3 is 1.08 bits per heavy atom. The highest BCUT2D eigenvalue weighted by atomic mass is 15.4. The molecular formula is C22H30N4. The zero-order valence-corrected chi connectivity index (χ0v) is 16.4. The van der Waals surface area contributed by atoms with Gasteiger partial charge < -0.3 is 19.6 Å². The van der Waals surface area contributed by atoms with Crippen LogP contribution in [0.5, 0.6) is 0 Å². The van der Waals surface area contributed by atoms with Gasteiger partial charge in [-0.1, -0.05) is 24.3 Å². The van der Waals surface area contributed by atoms with Gasteiger partial charge in [-0.05, 0) is 49.9 Å². The van der Waals surface area contributed by atoms with Crippen molar-refractivity contribution < 1.29 is 0 Å². The number of para-hydroxylation sites is 4. The van der Waals surface area contributed by atoms with E-state index in [-0.39, 0.29) is 0 Å². The van der Waals surface area contributed by atoms with Gasteiger partial charge in [0.25, 0.3) is 0 Å². The molecule has 0 amide bonds. The molecule has 26 heavy (non-hydrogen) atoms. The molecule has 4 heteroatoms. The quantitative estimate of drug-likeness (QED) is 0.742. The average molecular weight is 351 g/mol. The molecule has 0 aliphatic carbocycles. The SMILES string of the molecule is CN1c2ccccc2N(C)C1CCCCC1N(C)c2ccccc2N1C. The summed E-state index contributed by atoms with van der Waals surface area (Å²) in [5.74, 6) is 0. The molecule has 2 aromatic carbocycles. The molecule has 138 valence electrons. The molecule has 0 aromatic heterocycles. The van der Waals surface area contributed by atoms with Gasteiger partial charge in [-0.15, -0.1) is 0 Å². The maximum Gasteiger partial charge on any atom is 0.101 e. The fourth-order valence-corrected chi connectivity index (χ4v) is 4.71. The van der Waals surface area contributed by atoms with Crippen LogP contribution in [0.2, 0.25) is 0 Å². The Balaban J connectivity index is 1.32. The second-order valence-corrected chi connectivity index (χ2v) is 7.67. The molecule has 0 atom stereocenters. The Morgan fingerprint density at radius 1 is 0.538 bits per heavy atom. The summed E-state index contributed by atoms with van der Waals surface area (Å²) >= 11 is 0. The van der Waals surface area contributed by atoms with Crippen molar-refractivity contribution in [2.24, 2.45) is 0 Å². The molecule has 0 N–H and O–H groups in total. The summed E-state index contributed by atoms with van der Waals surface area (Å²) in [4.78, 5) is 9.72. The molecule has 4 nitrogen and oxygen atoms in total. The smallest absolute Gasteiger partial charge is 0.101 e. The van der Waals surface area contributed by atoms with Crippen LogP contribution < -0.4 is 19.6 Å². The number of fused-ring (bicyclic) bond motifs is 2. The second-order valence-electron chi connectivity index (χ2n) is 7.67. The predicted octanol–water partition coefficient (Wildman–Crippen LogP) is 4.37. The van der Waals surface area contributed by atoms with Crippen LogP contribution in [0.3, 0.4) is 0 Å². The molecule has 0 fully saturated rings. The van der Waals surface area contributed by atoms with Crippen LogP contribution >= 0.6 is 0 Å². The molecule has 4 rings (SSSR count). The van der Waals surface area contributed by atoms with Gasteiger partial charge in [-0.25, -0.2) is 0 Å². The van der Waals surface area contributed by atoms with E-state index in [1.165, 1.54) is 48.4 Å². The normalized spacial score (nSPS) is 17.2. The third-order valence-electron chi connectivity index (χ3n) is 6.25. The first-order chi connectivity index (χ1) is 12.6. The van der Waals surface area contributed by atoms with Crippen molar-refractivity contribution in [1.29, 1.82) is 0 Å². The molecule has 0 unspecified atom stereocenters. The Morgan fingerprint density at radius 2 is 0.808 bits per heavy atom. The van der Waals surface area contributed by atoms with E-state index < -0.39 is 0 Å². The van der Waals surface area contributed by atoms with Crippen LogP contribution in [0.15, 0.2) is 48.5 Å². The summed E-state index contributed by atoms with van der Waals surface area (Å²) in [6, 6.07) is 17.4. The van der Waals surface area contributed by atoms with Gasteiger partial charge in [0.2, 0.25) is 0 Å². The van der Waals surface area contributed by atoms with Gasteiger partial charge in [0, 0.05) is 28.2 Å². The van der Waals surface area contributed by atoms with Crippen LogP contribution in [0.1, 0.15) is 25.7 Å². The molecule has 2 aliphatic heterocycles. The molecule has 2 aliphatic rings. The molecule has 0 saturated heterocycles. The topological polar surface area (TPSA) is 13.0 Å². The van der Waals surface area contributed by atoms with Crippen molar-refractivity contribution in [2.75, 3.05) is 47.8 Å². The van der Waals surface area contributed by atoms with E-state index >= 15 is 0 Å². The number of benzene rings is 2. The predicted molar refractivity (Wildman–Crippen MR) is 113 cm³/mol. The van der Waals surface area contributed by atoms with Crippen molar-refractivity contribution in [3.8, 4) is 0 Å². The van der Waals surface area contributed by atoms with E-state index in [1.807, 2.05) is 0 Å². The number of rotatable bonds is 5. The number of nitrogens with zero attached hydrogens (tertiary/aromatic N) is 4. The molecular weight excluding hydrogens is 320 g/mol. The molecule has 2 heterocycles. The van der Waals surface area contributed by atoms with Crippen LogP contribution in [0, 0.1) is 0 Å². The fourth-order valence-electron chi connectivity index (χ4n) is 4.71. The Hall–Kier alpha value is -2.36. The maximum absolute atomic E-state index is 2.43. The molecule has 0 spiro atoms. The average Bonchev–Trinajstić information content (AvgIpc) is 3.06. The fraction of sp³-hybridized carbons (Fsp3) is 0.455. The monoisotopic (exact) mass is 350 g/mol. The van der Waals surface area contributed by atoms with Crippen LogP contribution in [-0.4, -0.2) is 40.5 Å². The van der Waals surface area contributed by atoms with E-state index in [4.69, 9.17) is 0 Å². The van der Waals surface area contributed by atoms with E-state index in [9.17, 15) is 0 Å². The van der Waals surface area contributed by atoms with Crippen LogP contribution in [0.25, 0.3) is 0 Å². The molecule has 0 bridgehead atoms. The number of unbranched alkanes of at least 4 members (excludes halogenated alkanes) is 1. The molecule has 0 saturated carbocycles. The van der Waals surface area contributed by atoms with Gasteiger partial charge >= 0.3 is 0 Å². The van der Waals surface area contributed by atoms with Gasteiger partial charge in [0.15, 0.2) is 0 Å². The van der Waals surface area contributed by atoms with Crippen molar-refractivity contribution in [3.05, 3.63) is 48.5 Å². The zero-order valence-electron chi connectivity index (χ0n) is 16.4. The first-order valence-electron chi connectivity index (χ1n) is 9.69. The summed E-state index contributed by atoms with van der Waals surface area (Å²) in [6.07, 6.45) is 5.86. The Kier molecular flexibility index (Phi) is 4.43. The van der Waals surface area contributed by atoms with Crippen LogP contribution in [0.4, 0.5) is 22.7 Å². The summed E-state index contributed by atoms with van der Waals surface area (Å²) in [5.41, 5.74) is 5.41. The highest BCUT2D eigenvalue weighted by molar-refractivity contribution is 5.77. The minimum absolute atomic E-state index is 0.476. The summed E-state index contributed by atoms with van der Waals surface area (Å²) < 4.78 is 0. The standard InChI is InChI=1S/C22H30N4/c1-23-17-11-5-6-12-18(17)24(2)21(23)15-9-10-16-22-25(3)19-13-7-8-14-20(19)26(22)4/h5-8,11-14,21-22H,9-10,15-16H2,1-4H3. The Labute approximate surface area is 157 Å². The Bertz CT molecular complexity index is 651. The lowest BCUT2D eigenvalue weighted by molar-refractivity contribution is 0.504. The van der Waals surface area contributed by atoms with Crippen molar-refractivity contribution in [2.45, 2.75) is 38.0 Å². The lowest BCUT2D eigenvalue weighted by atomic mass is 10.1. The first kappa shape index (κ1) is 17.1. The van der Waals surface area contributed by atoms with Gasteiger partial charge in [-0.2, -0.15) is 0 Å². The van der Waals surface area contributed by atoms with E-state index in [0.29, 0.717) is 12.3 Å². The van der Waals surface area contributed by atoms with Gasteiger partial charge in [-0.3, -0.25) is 0 Å².